The topological polar surface area (TPSA) is 35.6 Å². The average Bonchev–Trinajstić information content (AvgIpc) is 2.74. The fourth-order valence-electron chi connectivity index (χ4n) is 3.38. The fourth-order valence-corrected chi connectivity index (χ4v) is 3.92. The van der Waals surface area contributed by atoms with Crippen LogP contribution in [0.1, 0.15) is 17.2 Å². The van der Waals surface area contributed by atoms with E-state index in [0.717, 1.165) is 38.3 Å². The van der Waals surface area contributed by atoms with Gasteiger partial charge in [-0.15, -0.1) is 0 Å². The number of amides is 1. The molecule has 0 radical (unpaired) electrons. The Morgan fingerprint density at radius 2 is 1.71 bits per heavy atom. The van der Waals surface area contributed by atoms with E-state index in [1.54, 1.807) is 18.2 Å². The molecule has 1 atom stereocenters. The van der Waals surface area contributed by atoms with Gasteiger partial charge in [0.2, 0.25) is 5.91 Å². The molecular formula is C23H26F3N3OS. The van der Waals surface area contributed by atoms with Gasteiger partial charge in [0.05, 0.1) is 6.04 Å². The first-order valence-electron chi connectivity index (χ1n) is 10.1. The number of hydrogen-bond acceptors (Lipinski definition) is 4. The fraction of sp³-hybridized carbons (Fsp3) is 0.348. The first-order chi connectivity index (χ1) is 14.8. The van der Waals surface area contributed by atoms with Crippen LogP contribution in [0.2, 0.25) is 0 Å². The molecule has 2 aromatic rings. The maximum Gasteiger partial charge on any atom is 0.446 e. The minimum absolute atomic E-state index is 0.116. The van der Waals surface area contributed by atoms with E-state index in [4.69, 9.17) is 0 Å². The largest absolute Gasteiger partial charge is 0.446 e. The van der Waals surface area contributed by atoms with Gasteiger partial charge in [0.25, 0.3) is 0 Å². The van der Waals surface area contributed by atoms with Crippen molar-refractivity contribution in [2.45, 2.75) is 16.4 Å². The summed E-state index contributed by atoms with van der Waals surface area (Å²) in [5.74, 6) is -0.239. The van der Waals surface area contributed by atoms with Gasteiger partial charge in [0.15, 0.2) is 0 Å². The molecule has 1 fully saturated rings. The van der Waals surface area contributed by atoms with Crippen LogP contribution in [-0.2, 0) is 4.79 Å². The number of halogens is 3. The van der Waals surface area contributed by atoms with Gasteiger partial charge in [-0.25, -0.2) is 0 Å². The van der Waals surface area contributed by atoms with Crippen molar-refractivity contribution >= 4 is 23.7 Å². The highest BCUT2D eigenvalue weighted by Crippen LogP contribution is 2.36. The van der Waals surface area contributed by atoms with Crippen LogP contribution in [0, 0.1) is 0 Å². The molecular weight excluding hydrogens is 423 g/mol. The molecule has 3 rings (SSSR count). The number of alkyl halides is 3. The lowest BCUT2D eigenvalue weighted by Gasteiger charge is -2.34. The zero-order chi connectivity index (χ0) is 22.3. The van der Waals surface area contributed by atoms with Gasteiger partial charge in [-0.05, 0) is 48.1 Å². The molecule has 1 saturated heterocycles. The minimum atomic E-state index is -4.31. The smallest absolute Gasteiger partial charge is 0.344 e. The number of carbonyl (C=O) groups is 1. The summed E-state index contributed by atoms with van der Waals surface area (Å²) in [7, 11) is 2.10. The number of thioether (sulfide) groups is 1. The second-order valence-electron chi connectivity index (χ2n) is 7.53. The standard InChI is InChI=1S/C23H26F3N3OS/c1-28-13-15-29(16-14-28)17-21(19-5-3-2-4-6-19)27-22(30)12-9-18-7-10-20(11-8-18)31-23(24,25)26/h2-12,21H,13-17H2,1H3,(H,27,30)/b12-9+. The molecule has 31 heavy (non-hydrogen) atoms. The molecule has 0 saturated carbocycles. The van der Waals surface area contributed by atoms with Crippen LogP contribution >= 0.6 is 11.8 Å². The Bertz CT molecular complexity index is 864. The highest BCUT2D eigenvalue weighted by Gasteiger charge is 2.29. The van der Waals surface area contributed by atoms with E-state index in [-0.39, 0.29) is 28.6 Å². The Balaban J connectivity index is 1.61. The molecule has 0 aliphatic carbocycles. The molecule has 1 unspecified atom stereocenters. The lowest BCUT2D eigenvalue weighted by molar-refractivity contribution is -0.117. The SMILES string of the molecule is CN1CCN(CC(NC(=O)/C=C/c2ccc(SC(F)(F)F)cc2)c2ccccc2)CC1. The predicted molar refractivity (Wildman–Crippen MR) is 119 cm³/mol. The van der Waals surface area contributed by atoms with Crippen molar-refractivity contribution in [3.8, 4) is 0 Å². The lowest BCUT2D eigenvalue weighted by atomic mass is 10.1. The van der Waals surface area contributed by atoms with Crippen LogP contribution in [0.25, 0.3) is 6.08 Å². The van der Waals surface area contributed by atoms with Crippen LogP contribution in [0.4, 0.5) is 13.2 Å². The second-order valence-corrected chi connectivity index (χ2v) is 8.66. The first-order valence-corrected chi connectivity index (χ1v) is 10.9. The summed E-state index contributed by atoms with van der Waals surface area (Å²) in [6.45, 7) is 4.62. The molecule has 1 aliphatic heterocycles. The summed E-state index contributed by atoms with van der Waals surface area (Å²) in [6.07, 6.45) is 3.03. The lowest BCUT2D eigenvalue weighted by Crippen LogP contribution is -2.47. The van der Waals surface area contributed by atoms with E-state index in [9.17, 15) is 18.0 Å². The van der Waals surface area contributed by atoms with Crippen LogP contribution in [0.3, 0.4) is 0 Å². The van der Waals surface area contributed by atoms with Crippen molar-refractivity contribution in [3.63, 3.8) is 0 Å². The third-order valence-electron chi connectivity index (χ3n) is 5.10. The molecule has 1 N–H and O–H groups in total. The third kappa shape index (κ3) is 8.05. The Morgan fingerprint density at radius 1 is 1.06 bits per heavy atom. The van der Waals surface area contributed by atoms with Crippen LogP contribution in [-0.4, -0.2) is 61.0 Å². The minimum Gasteiger partial charge on any atom is -0.344 e. The van der Waals surface area contributed by atoms with E-state index in [1.807, 2.05) is 30.3 Å². The molecule has 166 valence electrons. The Labute approximate surface area is 185 Å². The number of benzene rings is 2. The first kappa shape index (κ1) is 23.4. The highest BCUT2D eigenvalue weighted by atomic mass is 32.2. The zero-order valence-corrected chi connectivity index (χ0v) is 18.1. The van der Waals surface area contributed by atoms with Crippen LogP contribution < -0.4 is 5.32 Å². The van der Waals surface area contributed by atoms with Crippen molar-refractivity contribution in [2.24, 2.45) is 0 Å². The van der Waals surface area contributed by atoms with Gasteiger partial charge in [0.1, 0.15) is 0 Å². The average molecular weight is 450 g/mol. The summed E-state index contributed by atoms with van der Waals surface area (Å²) in [6, 6.07) is 15.6. The highest BCUT2D eigenvalue weighted by molar-refractivity contribution is 8.00. The third-order valence-corrected chi connectivity index (χ3v) is 5.84. The van der Waals surface area contributed by atoms with E-state index in [1.165, 1.54) is 18.2 Å². The molecule has 8 heteroatoms. The number of hydrogen-bond donors (Lipinski definition) is 1. The van der Waals surface area contributed by atoms with Crippen molar-refractivity contribution in [1.82, 2.24) is 15.1 Å². The summed E-state index contributed by atoms with van der Waals surface area (Å²) in [5, 5.41) is 3.07. The van der Waals surface area contributed by atoms with E-state index in [0.29, 0.717) is 5.56 Å². The second kappa shape index (κ2) is 10.8. The van der Waals surface area contributed by atoms with E-state index in [2.05, 4.69) is 22.2 Å². The Morgan fingerprint density at radius 3 is 2.32 bits per heavy atom. The van der Waals surface area contributed by atoms with Crippen molar-refractivity contribution in [1.29, 1.82) is 0 Å². The Hall–Kier alpha value is -2.29. The number of rotatable bonds is 7. The molecule has 0 bridgehead atoms. The number of nitrogens with one attached hydrogen (secondary N) is 1. The van der Waals surface area contributed by atoms with Gasteiger partial charge >= 0.3 is 5.51 Å². The number of carbonyl (C=O) groups excluding carboxylic acids is 1. The molecule has 0 aromatic heterocycles. The molecule has 2 aromatic carbocycles. The molecule has 1 aliphatic rings. The quantitative estimate of drug-likeness (QED) is 0.502. The summed E-state index contributed by atoms with van der Waals surface area (Å²) >= 11 is -0.155. The van der Waals surface area contributed by atoms with Gasteiger partial charge < -0.3 is 10.2 Å². The molecule has 1 amide bonds. The van der Waals surface area contributed by atoms with Gasteiger partial charge in [-0.3, -0.25) is 9.69 Å². The van der Waals surface area contributed by atoms with E-state index >= 15 is 0 Å². The summed E-state index contributed by atoms with van der Waals surface area (Å²) in [5.41, 5.74) is -2.61. The van der Waals surface area contributed by atoms with Crippen LogP contribution in [0.5, 0.6) is 0 Å². The normalized spacial score (nSPS) is 17.0. The monoisotopic (exact) mass is 449 g/mol. The summed E-state index contributed by atoms with van der Waals surface area (Å²) in [4.78, 5) is 17.3. The van der Waals surface area contributed by atoms with Crippen molar-refractivity contribution in [3.05, 3.63) is 71.8 Å². The number of nitrogens with zero attached hydrogens (tertiary/aromatic N) is 2. The molecule has 0 spiro atoms. The van der Waals surface area contributed by atoms with Gasteiger partial charge in [0, 0.05) is 43.7 Å². The molecule has 4 nitrogen and oxygen atoms in total. The molecule has 1 heterocycles. The maximum absolute atomic E-state index is 12.6. The van der Waals surface area contributed by atoms with Crippen molar-refractivity contribution < 1.29 is 18.0 Å². The predicted octanol–water partition coefficient (Wildman–Crippen LogP) is 4.42. The summed E-state index contributed by atoms with van der Waals surface area (Å²) < 4.78 is 37.3. The van der Waals surface area contributed by atoms with E-state index < -0.39 is 5.51 Å². The van der Waals surface area contributed by atoms with Gasteiger partial charge in [-0.1, -0.05) is 42.5 Å². The van der Waals surface area contributed by atoms with Crippen molar-refractivity contribution in [2.75, 3.05) is 39.8 Å². The van der Waals surface area contributed by atoms with Gasteiger partial charge in [-0.2, -0.15) is 13.2 Å². The number of piperazine rings is 1. The maximum atomic E-state index is 12.6. The Kier molecular flexibility index (Phi) is 8.17. The van der Waals surface area contributed by atoms with Crippen LogP contribution in [0.15, 0.2) is 65.6 Å². The zero-order valence-electron chi connectivity index (χ0n) is 17.3. The number of likely N-dealkylation sites (N-methyl/N-ethyl adjacent to an activating group) is 1.